The van der Waals surface area contributed by atoms with Gasteiger partial charge in [0.25, 0.3) is 0 Å². The Labute approximate surface area is 153 Å². The summed E-state index contributed by atoms with van der Waals surface area (Å²) in [6.45, 7) is 3.61. The molecule has 0 unspecified atom stereocenters. The fourth-order valence-electron chi connectivity index (χ4n) is 3.86. The standard InChI is InChI=1S/C21H24N2O3/c1-2-4-14-10-18(14)21(25)23-7-8-26-20-17(13-23)9-16(11-19(20)24)15-5-3-6-22-12-15/h3,5-6,9,11-12,14,18,24H,2,4,7-8,10,13H2,1H3/t14-,18+/m0/s1. The van der Waals surface area contributed by atoms with E-state index in [1.165, 1.54) is 0 Å². The number of phenols is 1. The number of nitrogens with zero attached hydrogens (tertiary/aromatic N) is 2. The SMILES string of the molecule is CCC[C@H]1C[C@H]1C(=O)N1CCOc2c(O)cc(-c3cccnc3)cc2C1. The van der Waals surface area contributed by atoms with Crippen molar-refractivity contribution in [3.8, 4) is 22.6 Å². The summed E-state index contributed by atoms with van der Waals surface area (Å²) in [7, 11) is 0. The van der Waals surface area contributed by atoms with Gasteiger partial charge in [0.1, 0.15) is 6.61 Å². The average Bonchev–Trinajstić information content (AvgIpc) is 3.44. The van der Waals surface area contributed by atoms with Crippen molar-refractivity contribution in [1.82, 2.24) is 9.88 Å². The third-order valence-corrected chi connectivity index (χ3v) is 5.32. The number of aromatic hydroxyl groups is 1. The normalized spacial score (nSPS) is 21.5. The molecule has 0 radical (unpaired) electrons. The van der Waals surface area contributed by atoms with E-state index in [0.717, 1.165) is 36.0 Å². The monoisotopic (exact) mass is 352 g/mol. The highest BCUT2D eigenvalue weighted by atomic mass is 16.5. The first-order valence-corrected chi connectivity index (χ1v) is 9.35. The van der Waals surface area contributed by atoms with Crippen molar-refractivity contribution < 1.29 is 14.6 Å². The molecule has 26 heavy (non-hydrogen) atoms. The molecule has 0 saturated heterocycles. The minimum Gasteiger partial charge on any atom is -0.504 e. The number of ether oxygens (including phenoxy) is 1. The number of benzene rings is 1. The van der Waals surface area contributed by atoms with Crippen LogP contribution in [0.25, 0.3) is 11.1 Å². The second-order valence-corrected chi connectivity index (χ2v) is 7.22. The van der Waals surface area contributed by atoms with Crippen molar-refractivity contribution in [3.63, 3.8) is 0 Å². The zero-order valence-corrected chi connectivity index (χ0v) is 15.0. The summed E-state index contributed by atoms with van der Waals surface area (Å²) in [4.78, 5) is 18.9. The number of aromatic nitrogens is 1. The quantitative estimate of drug-likeness (QED) is 0.913. The van der Waals surface area contributed by atoms with Gasteiger partial charge in [-0.1, -0.05) is 19.4 Å². The van der Waals surface area contributed by atoms with Crippen LogP contribution in [0.4, 0.5) is 0 Å². The van der Waals surface area contributed by atoms with Gasteiger partial charge in [0.15, 0.2) is 11.5 Å². The van der Waals surface area contributed by atoms with Gasteiger partial charge < -0.3 is 14.7 Å². The molecule has 4 rings (SSSR count). The number of carbonyl (C=O) groups excluding carboxylic acids is 1. The Morgan fingerprint density at radius 3 is 3.04 bits per heavy atom. The van der Waals surface area contributed by atoms with E-state index in [9.17, 15) is 9.90 Å². The van der Waals surface area contributed by atoms with Crippen molar-refractivity contribution in [2.24, 2.45) is 11.8 Å². The lowest BCUT2D eigenvalue weighted by molar-refractivity contribution is -0.133. The molecule has 0 spiro atoms. The summed E-state index contributed by atoms with van der Waals surface area (Å²) in [5.41, 5.74) is 2.66. The first-order chi connectivity index (χ1) is 12.7. The molecule has 136 valence electrons. The summed E-state index contributed by atoms with van der Waals surface area (Å²) in [6, 6.07) is 7.51. The molecule has 5 heteroatoms. The molecule has 1 N–H and O–H groups in total. The summed E-state index contributed by atoms with van der Waals surface area (Å²) in [5.74, 6) is 1.56. The number of pyridine rings is 1. The Morgan fingerprint density at radius 1 is 1.38 bits per heavy atom. The van der Waals surface area contributed by atoms with E-state index in [2.05, 4.69) is 11.9 Å². The highest BCUT2D eigenvalue weighted by Gasteiger charge is 2.44. The first kappa shape index (κ1) is 16.9. The topological polar surface area (TPSA) is 62.7 Å². The second kappa shape index (κ2) is 6.98. The number of rotatable bonds is 4. The third-order valence-electron chi connectivity index (χ3n) is 5.32. The molecule has 2 atom stereocenters. The van der Waals surface area contributed by atoms with Crippen LogP contribution >= 0.6 is 0 Å². The van der Waals surface area contributed by atoms with Gasteiger partial charge in [-0.3, -0.25) is 9.78 Å². The van der Waals surface area contributed by atoms with Crippen LogP contribution in [0.15, 0.2) is 36.7 Å². The number of hydrogen-bond acceptors (Lipinski definition) is 4. The molecule has 1 aliphatic heterocycles. The van der Waals surface area contributed by atoms with Crippen LogP contribution < -0.4 is 4.74 Å². The average molecular weight is 352 g/mol. The Bertz CT molecular complexity index is 806. The molecule has 1 aromatic heterocycles. The lowest BCUT2D eigenvalue weighted by Gasteiger charge is -2.20. The molecular weight excluding hydrogens is 328 g/mol. The number of amides is 1. The van der Waals surface area contributed by atoms with Crippen LogP contribution in [-0.2, 0) is 11.3 Å². The van der Waals surface area contributed by atoms with Gasteiger partial charge in [-0.15, -0.1) is 0 Å². The van der Waals surface area contributed by atoms with Gasteiger partial charge in [-0.05, 0) is 42.5 Å². The second-order valence-electron chi connectivity index (χ2n) is 7.22. The van der Waals surface area contributed by atoms with E-state index >= 15 is 0 Å². The lowest BCUT2D eigenvalue weighted by Crippen LogP contribution is -2.34. The highest BCUT2D eigenvalue weighted by Crippen LogP contribution is 2.44. The summed E-state index contributed by atoms with van der Waals surface area (Å²) < 4.78 is 5.77. The molecule has 1 aliphatic carbocycles. The van der Waals surface area contributed by atoms with E-state index in [1.54, 1.807) is 18.5 Å². The molecule has 1 fully saturated rings. The zero-order valence-electron chi connectivity index (χ0n) is 15.0. The van der Waals surface area contributed by atoms with E-state index in [-0.39, 0.29) is 17.6 Å². The molecule has 1 amide bonds. The summed E-state index contributed by atoms with van der Waals surface area (Å²) >= 11 is 0. The lowest BCUT2D eigenvalue weighted by atomic mass is 10.0. The maximum absolute atomic E-state index is 12.8. The minimum atomic E-state index is 0.117. The predicted molar refractivity (Wildman–Crippen MR) is 98.8 cm³/mol. The number of carbonyl (C=O) groups is 1. The molecule has 2 aromatic rings. The summed E-state index contributed by atoms with van der Waals surface area (Å²) in [5, 5.41) is 10.4. The third kappa shape index (κ3) is 3.26. The van der Waals surface area contributed by atoms with Gasteiger partial charge >= 0.3 is 0 Å². The maximum Gasteiger partial charge on any atom is 0.226 e. The van der Waals surface area contributed by atoms with E-state index < -0.39 is 0 Å². The largest absolute Gasteiger partial charge is 0.504 e. The predicted octanol–water partition coefficient (Wildman–Crippen LogP) is 3.61. The van der Waals surface area contributed by atoms with Crippen LogP contribution in [-0.4, -0.2) is 34.0 Å². The van der Waals surface area contributed by atoms with Gasteiger partial charge in [-0.2, -0.15) is 0 Å². The summed E-state index contributed by atoms with van der Waals surface area (Å²) in [6.07, 6.45) is 6.75. The minimum absolute atomic E-state index is 0.117. The Hall–Kier alpha value is -2.56. The van der Waals surface area contributed by atoms with Crippen LogP contribution in [0.3, 0.4) is 0 Å². The molecule has 5 nitrogen and oxygen atoms in total. The van der Waals surface area contributed by atoms with Crippen LogP contribution in [0.2, 0.25) is 0 Å². The van der Waals surface area contributed by atoms with E-state index in [0.29, 0.717) is 31.4 Å². The van der Waals surface area contributed by atoms with E-state index in [4.69, 9.17) is 4.74 Å². The van der Waals surface area contributed by atoms with Crippen molar-refractivity contribution in [2.45, 2.75) is 32.7 Å². The maximum atomic E-state index is 12.8. The van der Waals surface area contributed by atoms with Gasteiger partial charge in [0, 0.05) is 36.0 Å². The molecule has 1 aromatic carbocycles. The molecular formula is C21H24N2O3. The van der Waals surface area contributed by atoms with Gasteiger partial charge in [-0.25, -0.2) is 0 Å². The van der Waals surface area contributed by atoms with Crippen molar-refractivity contribution in [1.29, 1.82) is 0 Å². The molecule has 2 aliphatic rings. The molecule has 1 saturated carbocycles. The number of fused-ring (bicyclic) bond motifs is 1. The van der Waals surface area contributed by atoms with E-state index in [1.807, 2.05) is 23.1 Å². The van der Waals surface area contributed by atoms with Crippen LogP contribution in [0.5, 0.6) is 11.5 Å². The fourth-order valence-corrected chi connectivity index (χ4v) is 3.86. The number of phenolic OH excluding ortho intramolecular Hbond substituents is 1. The van der Waals surface area contributed by atoms with Crippen LogP contribution in [0, 0.1) is 11.8 Å². The van der Waals surface area contributed by atoms with Gasteiger partial charge in [0.2, 0.25) is 5.91 Å². The Kier molecular flexibility index (Phi) is 4.53. The highest BCUT2D eigenvalue weighted by molar-refractivity contribution is 5.82. The van der Waals surface area contributed by atoms with Crippen LogP contribution in [0.1, 0.15) is 31.7 Å². The zero-order chi connectivity index (χ0) is 18.1. The van der Waals surface area contributed by atoms with Crippen molar-refractivity contribution in [3.05, 3.63) is 42.2 Å². The van der Waals surface area contributed by atoms with Gasteiger partial charge in [0.05, 0.1) is 6.54 Å². The Balaban J connectivity index is 1.59. The molecule has 2 heterocycles. The first-order valence-electron chi connectivity index (χ1n) is 9.35. The Morgan fingerprint density at radius 2 is 2.27 bits per heavy atom. The number of hydrogen-bond donors (Lipinski definition) is 1. The smallest absolute Gasteiger partial charge is 0.226 e. The fraction of sp³-hybridized carbons (Fsp3) is 0.429. The molecule has 0 bridgehead atoms. The van der Waals surface area contributed by atoms with Crippen molar-refractivity contribution in [2.75, 3.05) is 13.2 Å². The van der Waals surface area contributed by atoms with Crippen molar-refractivity contribution >= 4 is 5.91 Å².